The Morgan fingerprint density at radius 2 is 2.00 bits per heavy atom. The quantitative estimate of drug-likeness (QED) is 0.483. The van der Waals surface area contributed by atoms with Crippen LogP contribution in [0, 0.1) is 0 Å². The SMILES string of the molecule is Cn1c(-c2cc(N3CCc4nnc(C[OH2+])n4CC3)ncc2Cl)nc2ccccc21. The molecule has 9 heteroatoms. The highest BCUT2D eigenvalue weighted by Gasteiger charge is 2.21. The van der Waals surface area contributed by atoms with Gasteiger partial charge in [-0.1, -0.05) is 23.7 Å². The van der Waals surface area contributed by atoms with Crippen molar-refractivity contribution in [1.29, 1.82) is 0 Å². The summed E-state index contributed by atoms with van der Waals surface area (Å²) >= 11 is 6.52. The Bertz CT molecular complexity index is 1200. The maximum atomic E-state index is 7.63. The number of aromatic nitrogens is 6. The molecule has 0 spiro atoms. The lowest BCUT2D eigenvalue weighted by atomic mass is 10.2. The zero-order valence-corrected chi connectivity index (χ0v) is 16.8. The van der Waals surface area contributed by atoms with Crippen LogP contribution in [0.25, 0.3) is 22.4 Å². The normalized spacial score (nSPS) is 14.2. The van der Waals surface area contributed by atoms with E-state index >= 15 is 0 Å². The molecule has 0 fully saturated rings. The fourth-order valence-corrected chi connectivity index (χ4v) is 4.09. The fraction of sp³-hybridized carbons (Fsp3) is 0.300. The van der Waals surface area contributed by atoms with Crippen LogP contribution in [0.5, 0.6) is 0 Å². The van der Waals surface area contributed by atoms with Crippen molar-refractivity contribution >= 4 is 28.5 Å². The van der Waals surface area contributed by atoms with Gasteiger partial charge in [0.1, 0.15) is 17.5 Å². The third-order valence-electron chi connectivity index (χ3n) is 5.45. The summed E-state index contributed by atoms with van der Waals surface area (Å²) in [5.41, 5.74) is 2.87. The molecule has 4 aromatic rings. The molecule has 1 aliphatic rings. The summed E-state index contributed by atoms with van der Waals surface area (Å²) in [6, 6.07) is 10.1. The number of imidazole rings is 1. The van der Waals surface area contributed by atoms with Crippen LogP contribution in [0.1, 0.15) is 11.6 Å². The Hall–Kier alpha value is -2.97. The van der Waals surface area contributed by atoms with Crippen molar-refractivity contribution < 1.29 is 5.11 Å². The third kappa shape index (κ3) is 3.04. The molecule has 2 N–H and O–H groups in total. The van der Waals surface area contributed by atoms with Gasteiger partial charge in [0.15, 0.2) is 0 Å². The highest BCUT2D eigenvalue weighted by atomic mass is 35.5. The highest BCUT2D eigenvalue weighted by molar-refractivity contribution is 6.33. The van der Waals surface area contributed by atoms with Crippen molar-refractivity contribution in [2.45, 2.75) is 19.6 Å². The molecule has 1 aliphatic heterocycles. The largest absolute Gasteiger partial charge is 0.440 e. The highest BCUT2D eigenvalue weighted by Crippen LogP contribution is 2.32. The molecule has 29 heavy (non-hydrogen) atoms. The average molecular weight is 411 g/mol. The van der Waals surface area contributed by atoms with Gasteiger partial charge in [0.25, 0.3) is 0 Å². The summed E-state index contributed by atoms with van der Waals surface area (Å²) in [7, 11) is 2.00. The first-order chi connectivity index (χ1) is 14.2. The predicted octanol–water partition coefficient (Wildman–Crippen LogP) is 2.17. The number of hydrogen-bond donors (Lipinski definition) is 0. The number of para-hydroxylation sites is 2. The van der Waals surface area contributed by atoms with E-state index in [1.165, 1.54) is 0 Å². The van der Waals surface area contributed by atoms with Crippen molar-refractivity contribution in [2.24, 2.45) is 7.05 Å². The molecule has 0 atom stereocenters. The third-order valence-corrected chi connectivity index (χ3v) is 5.76. The van der Waals surface area contributed by atoms with E-state index in [1.807, 2.05) is 31.3 Å². The van der Waals surface area contributed by atoms with E-state index < -0.39 is 0 Å². The molecule has 0 unspecified atom stereocenters. The molecule has 0 saturated heterocycles. The van der Waals surface area contributed by atoms with Gasteiger partial charge in [-0.2, -0.15) is 0 Å². The predicted molar refractivity (Wildman–Crippen MR) is 112 cm³/mol. The molecule has 0 aliphatic carbocycles. The van der Waals surface area contributed by atoms with Gasteiger partial charge in [-0.3, -0.25) is 0 Å². The Labute approximate surface area is 172 Å². The van der Waals surface area contributed by atoms with Crippen molar-refractivity contribution in [3.63, 3.8) is 0 Å². The van der Waals surface area contributed by atoms with Gasteiger partial charge < -0.3 is 19.1 Å². The van der Waals surface area contributed by atoms with E-state index in [4.69, 9.17) is 21.7 Å². The minimum atomic E-state index is 0.142. The van der Waals surface area contributed by atoms with Crippen LogP contribution in [0.3, 0.4) is 0 Å². The van der Waals surface area contributed by atoms with Gasteiger partial charge in [0.2, 0.25) is 12.4 Å². The average Bonchev–Trinajstić information content (AvgIpc) is 3.22. The van der Waals surface area contributed by atoms with Crippen LogP contribution in [-0.4, -0.2) is 47.5 Å². The van der Waals surface area contributed by atoms with Crippen molar-refractivity contribution in [2.75, 3.05) is 18.0 Å². The maximum Gasteiger partial charge on any atom is 0.209 e. The van der Waals surface area contributed by atoms with Gasteiger partial charge >= 0.3 is 0 Å². The Morgan fingerprint density at radius 1 is 1.14 bits per heavy atom. The van der Waals surface area contributed by atoms with Gasteiger partial charge in [-0.15, -0.1) is 10.2 Å². The number of fused-ring (bicyclic) bond motifs is 2. The monoisotopic (exact) mass is 410 g/mol. The maximum absolute atomic E-state index is 7.63. The lowest BCUT2D eigenvalue weighted by molar-refractivity contribution is 0.264. The Kier molecular flexibility index (Phi) is 4.44. The summed E-state index contributed by atoms with van der Waals surface area (Å²) in [6.45, 7) is 2.44. The van der Waals surface area contributed by atoms with Crippen LogP contribution in [-0.2, 0) is 26.6 Å². The zero-order valence-electron chi connectivity index (χ0n) is 16.0. The van der Waals surface area contributed by atoms with Crippen LogP contribution < -0.4 is 4.90 Å². The topological polar surface area (TPSA) is 87.6 Å². The van der Waals surface area contributed by atoms with Gasteiger partial charge in [-0.05, 0) is 18.2 Å². The van der Waals surface area contributed by atoms with E-state index in [1.54, 1.807) is 6.20 Å². The first-order valence-electron chi connectivity index (χ1n) is 9.53. The summed E-state index contributed by atoms with van der Waals surface area (Å²) in [5.74, 6) is 3.33. The van der Waals surface area contributed by atoms with E-state index in [0.29, 0.717) is 10.8 Å². The molecule has 0 radical (unpaired) electrons. The summed E-state index contributed by atoms with van der Waals surface area (Å²) < 4.78 is 4.11. The summed E-state index contributed by atoms with van der Waals surface area (Å²) in [5, 5.41) is 16.6. The summed E-state index contributed by atoms with van der Waals surface area (Å²) in [6.07, 6.45) is 2.46. The number of pyridine rings is 1. The van der Waals surface area contributed by atoms with E-state index in [9.17, 15) is 0 Å². The van der Waals surface area contributed by atoms with Crippen molar-refractivity contribution in [3.05, 3.63) is 53.2 Å². The van der Waals surface area contributed by atoms with Crippen LogP contribution >= 0.6 is 11.6 Å². The van der Waals surface area contributed by atoms with Crippen LogP contribution in [0.2, 0.25) is 5.02 Å². The fourth-order valence-electron chi connectivity index (χ4n) is 3.90. The Morgan fingerprint density at radius 3 is 2.83 bits per heavy atom. The van der Waals surface area contributed by atoms with Crippen LogP contribution in [0.15, 0.2) is 36.5 Å². The number of halogens is 1. The molecule has 148 valence electrons. The molecule has 0 saturated carbocycles. The first-order valence-corrected chi connectivity index (χ1v) is 9.91. The van der Waals surface area contributed by atoms with Crippen molar-refractivity contribution in [1.82, 2.24) is 29.3 Å². The number of benzene rings is 1. The molecule has 0 bridgehead atoms. The first kappa shape index (κ1) is 18.1. The second kappa shape index (κ2) is 7.13. The molecule has 1 aromatic carbocycles. The molecule has 3 aromatic heterocycles. The van der Waals surface area contributed by atoms with Gasteiger partial charge in [-0.25, -0.2) is 9.97 Å². The number of anilines is 1. The minimum Gasteiger partial charge on any atom is -0.440 e. The second-order valence-electron chi connectivity index (χ2n) is 7.10. The van der Waals surface area contributed by atoms with Gasteiger partial charge in [0.05, 0.1) is 16.1 Å². The number of rotatable bonds is 3. The van der Waals surface area contributed by atoms with Gasteiger partial charge in [0, 0.05) is 44.9 Å². The lowest BCUT2D eigenvalue weighted by Crippen LogP contribution is -2.27. The molecule has 5 rings (SSSR count). The second-order valence-corrected chi connectivity index (χ2v) is 7.51. The number of aryl methyl sites for hydroxylation is 1. The standard InChI is InChI=1S/C20H20ClN7O/c1-26-16-5-3-2-4-15(16)23-20(26)13-10-18(22-11-14(13)21)27-7-6-17-24-25-19(12-29)28(17)9-8-27/h2-5,10-11,29H,6-9,12H2,1H3/p+1. The van der Waals surface area contributed by atoms with Crippen molar-refractivity contribution in [3.8, 4) is 11.4 Å². The van der Waals surface area contributed by atoms with Crippen LogP contribution in [0.4, 0.5) is 5.82 Å². The van der Waals surface area contributed by atoms with E-state index in [2.05, 4.69) is 35.3 Å². The summed E-state index contributed by atoms with van der Waals surface area (Å²) in [4.78, 5) is 11.6. The molecule has 0 amide bonds. The Balaban J connectivity index is 1.50. The van der Waals surface area contributed by atoms with E-state index in [-0.39, 0.29) is 6.61 Å². The zero-order chi connectivity index (χ0) is 20.0. The van der Waals surface area contributed by atoms with E-state index in [0.717, 1.165) is 60.1 Å². The number of hydrogen-bond acceptors (Lipinski definition) is 5. The smallest absolute Gasteiger partial charge is 0.209 e. The molecular formula is C20H21ClN7O+. The minimum absolute atomic E-state index is 0.142. The molecule has 4 heterocycles. The lowest BCUT2D eigenvalue weighted by Gasteiger charge is -2.22. The molecular weight excluding hydrogens is 390 g/mol. The number of nitrogens with zero attached hydrogens (tertiary/aromatic N) is 7. The molecule has 8 nitrogen and oxygen atoms in total.